The number of benzene rings is 1. The van der Waals surface area contributed by atoms with Gasteiger partial charge in [-0.3, -0.25) is 9.59 Å². The van der Waals surface area contributed by atoms with E-state index in [4.69, 9.17) is 13.9 Å². The highest BCUT2D eigenvalue weighted by molar-refractivity contribution is 5.77. The summed E-state index contributed by atoms with van der Waals surface area (Å²) >= 11 is 0. The number of nitrogens with one attached hydrogen (secondary N) is 1. The second-order valence-corrected chi connectivity index (χ2v) is 8.29. The maximum absolute atomic E-state index is 12.4. The average molecular weight is 413 g/mol. The monoisotopic (exact) mass is 413 g/mol. The lowest BCUT2D eigenvalue weighted by molar-refractivity contribution is -0.930. The summed E-state index contributed by atoms with van der Waals surface area (Å²) in [6.45, 7) is 7.32. The van der Waals surface area contributed by atoms with Crippen LogP contribution in [0, 0.1) is 0 Å². The molecule has 3 atom stereocenters. The third kappa shape index (κ3) is 4.91. The van der Waals surface area contributed by atoms with Crippen molar-refractivity contribution in [2.75, 3.05) is 26.2 Å². The van der Waals surface area contributed by atoms with Gasteiger partial charge in [0.05, 0.1) is 18.8 Å². The van der Waals surface area contributed by atoms with Gasteiger partial charge in [0, 0.05) is 31.1 Å². The van der Waals surface area contributed by atoms with E-state index in [0.29, 0.717) is 25.4 Å². The fourth-order valence-corrected chi connectivity index (χ4v) is 4.29. The molecule has 2 aliphatic heterocycles. The Balaban J connectivity index is 1.32. The van der Waals surface area contributed by atoms with Gasteiger partial charge in [-0.1, -0.05) is 24.3 Å². The van der Waals surface area contributed by atoms with Gasteiger partial charge >= 0.3 is 0 Å². The Hall–Kier alpha value is -2.64. The van der Waals surface area contributed by atoms with Crippen molar-refractivity contribution in [1.29, 1.82) is 0 Å². The first-order valence-electron chi connectivity index (χ1n) is 10.6. The predicted molar refractivity (Wildman–Crippen MR) is 110 cm³/mol. The highest BCUT2D eigenvalue weighted by atomic mass is 16.5. The van der Waals surface area contributed by atoms with E-state index >= 15 is 0 Å². The number of morpholine rings is 1. The zero-order valence-electron chi connectivity index (χ0n) is 17.6. The smallest absolute Gasteiger partial charge is 0.260 e. The lowest BCUT2D eigenvalue weighted by Crippen LogP contribution is -3.10. The van der Waals surface area contributed by atoms with Crippen LogP contribution in [0.5, 0.6) is 5.75 Å². The van der Waals surface area contributed by atoms with Gasteiger partial charge in [-0.15, -0.1) is 0 Å². The fourth-order valence-electron chi connectivity index (χ4n) is 4.29. The highest BCUT2D eigenvalue weighted by Gasteiger charge is 2.26. The number of hydrogen-bond donors (Lipinski definition) is 1. The highest BCUT2D eigenvalue weighted by Crippen LogP contribution is 2.13. The number of carbonyl (C=O) groups is 1. The van der Waals surface area contributed by atoms with E-state index in [9.17, 15) is 9.59 Å². The molecule has 7 heteroatoms. The Morgan fingerprint density at radius 2 is 1.93 bits per heavy atom. The van der Waals surface area contributed by atoms with Crippen LogP contribution in [0.25, 0.3) is 0 Å². The Morgan fingerprint density at radius 1 is 1.20 bits per heavy atom. The molecule has 160 valence electrons. The van der Waals surface area contributed by atoms with E-state index < -0.39 is 0 Å². The van der Waals surface area contributed by atoms with Crippen LogP contribution in [0.3, 0.4) is 0 Å². The molecule has 2 aromatic rings. The van der Waals surface area contributed by atoms with Gasteiger partial charge in [0.1, 0.15) is 19.4 Å². The van der Waals surface area contributed by atoms with Crippen LogP contribution in [0.4, 0.5) is 0 Å². The molecule has 0 bridgehead atoms. The van der Waals surface area contributed by atoms with Crippen molar-refractivity contribution < 1.29 is 23.6 Å². The lowest BCUT2D eigenvalue weighted by Gasteiger charge is -2.35. The number of hydrogen-bond acceptors (Lipinski definition) is 5. The maximum atomic E-state index is 12.4. The standard InChI is InChI=1S/C23H28N2O5/c1-16-10-25(11-17(2)30-16)23(27)15-29-22-14-28-20(9-21(22)26)13-24-8-7-18-5-3-4-6-19(18)12-24/h3-6,9,14,16-17H,7-8,10-13,15H2,1-2H3/p+1/t16-,17-/m0/s1. The summed E-state index contributed by atoms with van der Waals surface area (Å²) in [7, 11) is 0. The second kappa shape index (κ2) is 9.02. The molecule has 0 radical (unpaired) electrons. The number of carbonyl (C=O) groups excluding carboxylic acids is 1. The average Bonchev–Trinajstić information content (AvgIpc) is 2.72. The SMILES string of the molecule is C[C@H]1CN(C(=O)COc2coc(C[NH+]3CCc4ccccc4C3)cc2=O)C[C@H](C)O1. The normalized spacial score (nSPS) is 23.7. The molecule has 1 unspecified atom stereocenters. The third-order valence-corrected chi connectivity index (χ3v) is 5.71. The molecule has 30 heavy (non-hydrogen) atoms. The molecule has 3 heterocycles. The molecular formula is C23H29N2O5+. The molecular weight excluding hydrogens is 384 g/mol. The molecule has 1 N–H and O–H groups in total. The first-order chi connectivity index (χ1) is 14.5. The van der Waals surface area contributed by atoms with Crippen molar-refractivity contribution in [3.63, 3.8) is 0 Å². The van der Waals surface area contributed by atoms with Crippen LogP contribution in [0.1, 0.15) is 30.7 Å². The van der Waals surface area contributed by atoms with Gasteiger partial charge in [0.2, 0.25) is 11.2 Å². The van der Waals surface area contributed by atoms with E-state index in [1.54, 1.807) is 4.90 Å². The number of ether oxygens (including phenoxy) is 2. The van der Waals surface area contributed by atoms with Crippen molar-refractivity contribution in [3.8, 4) is 5.75 Å². The summed E-state index contributed by atoms with van der Waals surface area (Å²) in [4.78, 5) is 27.9. The zero-order chi connectivity index (χ0) is 21.1. The molecule has 1 aromatic heterocycles. The van der Waals surface area contributed by atoms with Crippen LogP contribution in [0.15, 0.2) is 45.8 Å². The topological polar surface area (TPSA) is 73.4 Å². The number of rotatable bonds is 5. The Bertz CT molecular complexity index is 947. The number of quaternary nitrogens is 1. The summed E-state index contributed by atoms with van der Waals surface area (Å²) in [5.41, 5.74) is 2.50. The van der Waals surface area contributed by atoms with Crippen LogP contribution in [0.2, 0.25) is 0 Å². The molecule has 7 nitrogen and oxygen atoms in total. The van der Waals surface area contributed by atoms with E-state index in [2.05, 4.69) is 24.3 Å². The molecule has 0 saturated carbocycles. The van der Waals surface area contributed by atoms with Gasteiger partial charge in [0.15, 0.2) is 12.4 Å². The summed E-state index contributed by atoms with van der Waals surface area (Å²) in [5.74, 6) is 0.543. The van der Waals surface area contributed by atoms with Crippen molar-refractivity contribution >= 4 is 5.91 Å². The lowest BCUT2D eigenvalue weighted by atomic mass is 10.00. The zero-order valence-corrected chi connectivity index (χ0v) is 17.6. The van der Waals surface area contributed by atoms with E-state index in [1.807, 2.05) is 13.8 Å². The van der Waals surface area contributed by atoms with Crippen molar-refractivity contribution in [3.05, 3.63) is 63.7 Å². The van der Waals surface area contributed by atoms with Gasteiger partial charge in [0.25, 0.3) is 5.91 Å². The van der Waals surface area contributed by atoms with E-state index in [0.717, 1.165) is 19.5 Å². The quantitative estimate of drug-likeness (QED) is 0.785. The van der Waals surface area contributed by atoms with Crippen LogP contribution in [-0.2, 0) is 29.0 Å². The van der Waals surface area contributed by atoms with Crippen molar-refractivity contribution in [1.82, 2.24) is 4.90 Å². The molecule has 1 aromatic carbocycles. The fraction of sp³-hybridized carbons (Fsp3) is 0.478. The number of fused-ring (bicyclic) bond motifs is 1. The minimum atomic E-state index is -0.260. The van der Waals surface area contributed by atoms with Gasteiger partial charge in [-0.2, -0.15) is 0 Å². The van der Waals surface area contributed by atoms with Gasteiger partial charge in [-0.25, -0.2) is 0 Å². The molecule has 4 rings (SSSR count). The van der Waals surface area contributed by atoms with Gasteiger partial charge in [-0.05, 0) is 19.4 Å². The first kappa shape index (κ1) is 20.6. The maximum Gasteiger partial charge on any atom is 0.260 e. The summed E-state index contributed by atoms with van der Waals surface area (Å²) < 4.78 is 16.8. The first-order valence-corrected chi connectivity index (χ1v) is 10.6. The van der Waals surface area contributed by atoms with E-state index in [1.165, 1.54) is 28.4 Å². The second-order valence-electron chi connectivity index (χ2n) is 8.29. The predicted octanol–water partition coefficient (Wildman–Crippen LogP) is 0.796. The Kier molecular flexibility index (Phi) is 6.20. The van der Waals surface area contributed by atoms with Crippen molar-refractivity contribution in [2.24, 2.45) is 0 Å². The van der Waals surface area contributed by atoms with Crippen LogP contribution in [-0.4, -0.2) is 49.3 Å². The summed E-state index contributed by atoms with van der Waals surface area (Å²) in [6, 6.07) is 9.96. The van der Waals surface area contributed by atoms with Crippen LogP contribution >= 0.6 is 0 Å². The molecule has 1 saturated heterocycles. The molecule has 1 fully saturated rings. The van der Waals surface area contributed by atoms with Crippen molar-refractivity contribution in [2.45, 2.75) is 45.6 Å². The molecule has 1 amide bonds. The Morgan fingerprint density at radius 3 is 2.67 bits per heavy atom. The van der Waals surface area contributed by atoms with Gasteiger partial charge < -0.3 is 23.7 Å². The molecule has 0 spiro atoms. The third-order valence-electron chi connectivity index (χ3n) is 5.71. The molecule has 0 aliphatic carbocycles. The molecule has 2 aliphatic rings. The minimum Gasteiger partial charge on any atom is -0.477 e. The Labute approximate surface area is 176 Å². The minimum absolute atomic E-state index is 0.00805. The number of amides is 1. The van der Waals surface area contributed by atoms with Crippen LogP contribution < -0.4 is 15.1 Å². The number of nitrogens with zero attached hydrogens (tertiary/aromatic N) is 1. The summed E-state index contributed by atoms with van der Waals surface area (Å²) in [5, 5.41) is 0. The largest absolute Gasteiger partial charge is 0.477 e. The summed E-state index contributed by atoms with van der Waals surface area (Å²) in [6.07, 6.45) is 2.34. The van der Waals surface area contributed by atoms with E-state index in [-0.39, 0.29) is 35.9 Å².